The summed E-state index contributed by atoms with van der Waals surface area (Å²) in [6.07, 6.45) is -1.40. The third kappa shape index (κ3) is 2.81. The highest BCUT2D eigenvalue weighted by molar-refractivity contribution is 5.70. The van der Waals surface area contributed by atoms with E-state index in [4.69, 9.17) is 21.7 Å². The van der Waals surface area contributed by atoms with Crippen LogP contribution in [-0.2, 0) is 0 Å². The number of nitrogen functional groups attached to an aromatic ring is 2. The van der Waals surface area contributed by atoms with Gasteiger partial charge < -0.3 is 27.0 Å². The first-order chi connectivity index (χ1) is 6.09. The lowest BCUT2D eigenvalue weighted by Gasteiger charge is -2.10. The number of nitrogens with two attached hydrogens (primary N) is 2. The average Bonchev–Trinajstić information content (AvgIpc) is 2.06. The van der Waals surface area contributed by atoms with Gasteiger partial charge in [0, 0.05) is 5.69 Å². The quantitative estimate of drug-likeness (QED) is 0.323. The van der Waals surface area contributed by atoms with Crippen molar-refractivity contribution in [2.45, 2.75) is 6.29 Å². The third-order valence-corrected chi connectivity index (χ3v) is 1.55. The van der Waals surface area contributed by atoms with Gasteiger partial charge in [-0.05, 0) is 18.2 Å². The normalized spacial score (nSPS) is 10.4. The van der Waals surface area contributed by atoms with Crippen LogP contribution in [0.1, 0.15) is 0 Å². The summed E-state index contributed by atoms with van der Waals surface area (Å²) in [5.74, 6) is 0. The summed E-state index contributed by atoms with van der Waals surface area (Å²) in [6.45, 7) is 0.0215. The summed E-state index contributed by atoms with van der Waals surface area (Å²) < 4.78 is 0. The van der Waals surface area contributed by atoms with Gasteiger partial charge in [0.1, 0.15) is 0 Å². The Balaban J connectivity index is 2.70. The van der Waals surface area contributed by atoms with Crippen LogP contribution < -0.4 is 16.8 Å². The van der Waals surface area contributed by atoms with Gasteiger partial charge in [-0.25, -0.2) is 0 Å². The molecular weight excluding hydrogens is 170 g/mol. The molecule has 1 aromatic carbocycles. The molecule has 1 aromatic rings. The van der Waals surface area contributed by atoms with Crippen LogP contribution in [0.5, 0.6) is 0 Å². The Morgan fingerprint density at radius 2 is 2.00 bits per heavy atom. The molecule has 0 heterocycles. The predicted molar refractivity (Wildman–Crippen MR) is 52.0 cm³/mol. The first-order valence-corrected chi connectivity index (χ1v) is 3.84. The van der Waals surface area contributed by atoms with Crippen molar-refractivity contribution in [2.75, 3.05) is 23.3 Å². The van der Waals surface area contributed by atoms with Crippen LogP contribution in [0, 0.1) is 0 Å². The van der Waals surface area contributed by atoms with Gasteiger partial charge in [-0.3, -0.25) is 0 Å². The molecule has 0 aromatic heterocycles. The molecule has 1 rings (SSSR count). The molecule has 0 aliphatic heterocycles. The monoisotopic (exact) mass is 183 g/mol. The lowest BCUT2D eigenvalue weighted by molar-refractivity contribution is -0.0275. The van der Waals surface area contributed by atoms with E-state index in [0.29, 0.717) is 17.1 Å². The fraction of sp³-hybridized carbons (Fsp3) is 0.250. The molecule has 0 fully saturated rings. The van der Waals surface area contributed by atoms with E-state index in [2.05, 4.69) is 5.32 Å². The molecule has 0 aliphatic rings. The SMILES string of the molecule is Nc1ccc(N)c(NCC(O)O)c1. The minimum atomic E-state index is -1.40. The molecule has 0 atom stereocenters. The van der Waals surface area contributed by atoms with E-state index in [1.165, 1.54) is 0 Å². The largest absolute Gasteiger partial charge is 0.399 e. The van der Waals surface area contributed by atoms with Crippen LogP contribution in [0.25, 0.3) is 0 Å². The minimum Gasteiger partial charge on any atom is -0.399 e. The molecule has 0 amide bonds. The van der Waals surface area contributed by atoms with E-state index < -0.39 is 6.29 Å². The van der Waals surface area contributed by atoms with E-state index in [-0.39, 0.29) is 6.54 Å². The predicted octanol–water partition coefficient (Wildman–Crippen LogP) is -0.426. The minimum absolute atomic E-state index is 0.0215. The van der Waals surface area contributed by atoms with Gasteiger partial charge in [-0.1, -0.05) is 0 Å². The van der Waals surface area contributed by atoms with E-state index in [1.807, 2.05) is 0 Å². The van der Waals surface area contributed by atoms with Gasteiger partial charge in [-0.15, -0.1) is 0 Å². The van der Waals surface area contributed by atoms with E-state index >= 15 is 0 Å². The lowest BCUT2D eigenvalue weighted by Crippen LogP contribution is -2.18. The van der Waals surface area contributed by atoms with Crippen molar-refractivity contribution in [3.8, 4) is 0 Å². The Morgan fingerprint density at radius 1 is 1.31 bits per heavy atom. The van der Waals surface area contributed by atoms with E-state index in [1.54, 1.807) is 18.2 Å². The molecule has 0 aliphatic carbocycles. The smallest absolute Gasteiger partial charge is 0.169 e. The second-order valence-electron chi connectivity index (χ2n) is 2.71. The molecule has 0 unspecified atom stereocenters. The maximum Gasteiger partial charge on any atom is 0.169 e. The first-order valence-electron chi connectivity index (χ1n) is 3.84. The van der Waals surface area contributed by atoms with Crippen molar-refractivity contribution >= 4 is 17.1 Å². The molecular formula is C8H13N3O2. The van der Waals surface area contributed by atoms with Crippen LogP contribution >= 0.6 is 0 Å². The Kier molecular flexibility index (Phi) is 2.94. The zero-order valence-corrected chi connectivity index (χ0v) is 7.07. The number of hydrogen-bond donors (Lipinski definition) is 5. The number of anilines is 3. The summed E-state index contributed by atoms with van der Waals surface area (Å²) in [5.41, 5.74) is 12.8. The summed E-state index contributed by atoms with van der Waals surface area (Å²) >= 11 is 0. The van der Waals surface area contributed by atoms with Crippen molar-refractivity contribution in [1.29, 1.82) is 0 Å². The molecule has 72 valence electrons. The zero-order valence-electron chi connectivity index (χ0n) is 7.07. The fourth-order valence-corrected chi connectivity index (χ4v) is 0.928. The molecule has 0 saturated carbocycles. The number of hydrogen-bond acceptors (Lipinski definition) is 5. The zero-order chi connectivity index (χ0) is 9.84. The molecule has 13 heavy (non-hydrogen) atoms. The van der Waals surface area contributed by atoms with E-state index in [9.17, 15) is 0 Å². The second kappa shape index (κ2) is 3.97. The van der Waals surface area contributed by atoms with Crippen molar-refractivity contribution in [2.24, 2.45) is 0 Å². The number of benzene rings is 1. The van der Waals surface area contributed by atoms with Crippen LogP contribution in [0.4, 0.5) is 17.1 Å². The topological polar surface area (TPSA) is 105 Å². The van der Waals surface area contributed by atoms with Crippen LogP contribution in [0.15, 0.2) is 18.2 Å². The molecule has 7 N–H and O–H groups in total. The molecule has 5 nitrogen and oxygen atoms in total. The summed E-state index contributed by atoms with van der Waals surface area (Å²) in [7, 11) is 0. The van der Waals surface area contributed by atoms with Crippen molar-refractivity contribution < 1.29 is 10.2 Å². The third-order valence-electron chi connectivity index (χ3n) is 1.55. The standard InChI is InChI=1S/C8H13N3O2/c9-5-1-2-6(10)7(3-5)11-4-8(12)13/h1-3,8,11-13H,4,9-10H2. The molecule has 0 radical (unpaired) electrons. The summed E-state index contributed by atoms with van der Waals surface area (Å²) in [4.78, 5) is 0. The number of rotatable bonds is 3. The number of aliphatic hydroxyl groups is 2. The van der Waals surface area contributed by atoms with Gasteiger partial charge in [0.25, 0.3) is 0 Å². The van der Waals surface area contributed by atoms with Crippen LogP contribution in [0.2, 0.25) is 0 Å². The van der Waals surface area contributed by atoms with Crippen molar-refractivity contribution in [3.05, 3.63) is 18.2 Å². The Hall–Kier alpha value is -1.46. The summed E-state index contributed by atoms with van der Waals surface area (Å²) in [5, 5.41) is 19.9. The lowest BCUT2D eigenvalue weighted by atomic mass is 10.2. The first kappa shape index (κ1) is 9.63. The van der Waals surface area contributed by atoms with Gasteiger partial charge in [0.2, 0.25) is 0 Å². The van der Waals surface area contributed by atoms with Gasteiger partial charge in [0.15, 0.2) is 6.29 Å². The highest BCUT2D eigenvalue weighted by Gasteiger charge is 2.01. The second-order valence-corrected chi connectivity index (χ2v) is 2.71. The molecule has 0 saturated heterocycles. The van der Waals surface area contributed by atoms with Gasteiger partial charge in [0.05, 0.1) is 17.9 Å². The van der Waals surface area contributed by atoms with Crippen LogP contribution in [-0.4, -0.2) is 23.0 Å². The van der Waals surface area contributed by atoms with Crippen molar-refractivity contribution in [1.82, 2.24) is 0 Å². The van der Waals surface area contributed by atoms with E-state index in [0.717, 1.165) is 0 Å². The Labute approximate surface area is 76.0 Å². The fourth-order valence-electron chi connectivity index (χ4n) is 0.928. The summed E-state index contributed by atoms with van der Waals surface area (Å²) in [6, 6.07) is 4.97. The maximum atomic E-state index is 8.59. The molecule has 0 spiro atoms. The number of aliphatic hydroxyl groups excluding tert-OH is 1. The molecule has 0 bridgehead atoms. The highest BCUT2D eigenvalue weighted by atomic mass is 16.5. The van der Waals surface area contributed by atoms with Crippen molar-refractivity contribution in [3.63, 3.8) is 0 Å². The average molecular weight is 183 g/mol. The van der Waals surface area contributed by atoms with Gasteiger partial charge >= 0.3 is 0 Å². The number of nitrogens with one attached hydrogen (secondary N) is 1. The Morgan fingerprint density at radius 3 is 2.62 bits per heavy atom. The van der Waals surface area contributed by atoms with Gasteiger partial charge in [-0.2, -0.15) is 0 Å². The maximum absolute atomic E-state index is 8.59. The Bertz CT molecular complexity index is 289. The van der Waals surface area contributed by atoms with Crippen LogP contribution in [0.3, 0.4) is 0 Å². The molecule has 5 heteroatoms. The highest BCUT2D eigenvalue weighted by Crippen LogP contribution is 2.20.